The number of anilines is 2. The number of rotatable bonds is 6. The van der Waals surface area contributed by atoms with Crippen LogP contribution in [0.25, 0.3) is 0 Å². The molecule has 6 nitrogen and oxygen atoms in total. The number of carbonyl (C=O) groups excluding carboxylic acids is 1. The molecular formula is C21H22ClN5OS. The van der Waals surface area contributed by atoms with Gasteiger partial charge in [-0.1, -0.05) is 41.9 Å². The van der Waals surface area contributed by atoms with Gasteiger partial charge in [0.2, 0.25) is 5.91 Å². The monoisotopic (exact) mass is 427 g/mol. The van der Waals surface area contributed by atoms with Gasteiger partial charge in [0.15, 0.2) is 5.13 Å². The summed E-state index contributed by atoms with van der Waals surface area (Å²) >= 11 is 7.32. The molecule has 3 aromatic rings. The first-order valence-corrected chi connectivity index (χ1v) is 10.8. The summed E-state index contributed by atoms with van der Waals surface area (Å²) in [6.07, 6.45) is 1.91. The van der Waals surface area contributed by atoms with Crippen LogP contribution in [0.5, 0.6) is 0 Å². The molecule has 1 aromatic carbocycles. The molecule has 8 heteroatoms. The van der Waals surface area contributed by atoms with Crippen molar-refractivity contribution in [1.82, 2.24) is 19.8 Å². The van der Waals surface area contributed by atoms with Gasteiger partial charge in [0.1, 0.15) is 5.82 Å². The van der Waals surface area contributed by atoms with Crippen LogP contribution in [0.15, 0.2) is 54.0 Å². The van der Waals surface area contributed by atoms with Gasteiger partial charge in [0.05, 0.1) is 17.1 Å². The van der Waals surface area contributed by atoms with Gasteiger partial charge in [-0.3, -0.25) is 9.69 Å². The predicted octanol–water partition coefficient (Wildman–Crippen LogP) is 3.82. The van der Waals surface area contributed by atoms with Crippen LogP contribution in [-0.2, 0) is 17.8 Å². The molecule has 0 bridgehead atoms. The minimum atomic E-state index is 0.130. The third-order valence-corrected chi connectivity index (χ3v) is 5.85. The molecular weight excluding hydrogens is 406 g/mol. The number of hydrogen-bond donors (Lipinski definition) is 1. The fourth-order valence-corrected chi connectivity index (χ4v) is 4.10. The topological polar surface area (TPSA) is 61.4 Å². The van der Waals surface area contributed by atoms with Crippen molar-refractivity contribution in [1.29, 1.82) is 0 Å². The number of carbonyl (C=O) groups is 1. The van der Waals surface area contributed by atoms with Gasteiger partial charge in [-0.15, -0.1) is 11.3 Å². The molecule has 0 radical (unpaired) electrons. The van der Waals surface area contributed by atoms with Crippen molar-refractivity contribution in [3.05, 3.63) is 70.3 Å². The quantitative estimate of drug-likeness (QED) is 0.648. The summed E-state index contributed by atoms with van der Waals surface area (Å²) in [4.78, 5) is 25.7. The number of piperazine rings is 1. The number of nitrogens with one attached hydrogen (secondary N) is 1. The van der Waals surface area contributed by atoms with E-state index in [1.807, 2.05) is 16.3 Å². The van der Waals surface area contributed by atoms with E-state index in [2.05, 4.69) is 44.5 Å². The average Bonchev–Trinajstić information content (AvgIpc) is 3.18. The van der Waals surface area contributed by atoms with Crippen molar-refractivity contribution in [3.63, 3.8) is 0 Å². The molecule has 2 aromatic heterocycles. The zero-order chi connectivity index (χ0) is 20.1. The number of amides is 1. The Bertz CT molecular complexity index is 939. The second kappa shape index (κ2) is 9.35. The minimum Gasteiger partial charge on any atom is -0.340 e. The molecule has 1 fully saturated rings. The van der Waals surface area contributed by atoms with Crippen molar-refractivity contribution in [2.24, 2.45) is 0 Å². The Morgan fingerprint density at radius 3 is 2.62 bits per heavy atom. The largest absolute Gasteiger partial charge is 0.340 e. The van der Waals surface area contributed by atoms with Crippen LogP contribution >= 0.6 is 22.9 Å². The normalized spacial score (nSPS) is 14.7. The van der Waals surface area contributed by atoms with E-state index in [-0.39, 0.29) is 5.91 Å². The van der Waals surface area contributed by atoms with Crippen LogP contribution < -0.4 is 5.32 Å². The lowest BCUT2D eigenvalue weighted by Gasteiger charge is -2.34. The highest BCUT2D eigenvalue weighted by Gasteiger charge is 2.22. The molecule has 1 N–H and O–H groups in total. The van der Waals surface area contributed by atoms with Crippen LogP contribution in [0.4, 0.5) is 10.9 Å². The summed E-state index contributed by atoms with van der Waals surface area (Å²) in [5.41, 5.74) is 2.09. The lowest BCUT2D eigenvalue weighted by molar-refractivity contribution is -0.132. The smallest absolute Gasteiger partial charge is 0.228 e. The highest BCUT2D eigenvalue weighted by molar-refractivity contribution is 7.13. The molecule has 1 aliphatic rings. The number of pyridine rings is 1. The fourth-order valence-electron chi connectivity index (χ4n) is 3.27. The summed E-state index contributed by atoms with van der Waals surface area (Å²) in [5, 5.41) is 6.36. The van der Waals surface area contributed by atoms with Gasteiger partial charge in [-0.25, -0.2) is 9.97 Å². The summed E-state index contributed by atoms with van der Waals surface area (Å²) in [6, 6.07) is 14.0. The minimum absolute atomic E-state index is 0.130. The number of aromatic nitrogens is 2. The Kier molecular flexibility index (Phi) is 6.39. The lowest BCUT2D eigenvalue weighted by Crippen LogP contribution is -2.48. The van der Waals surface area contributed by atoms with Gasteiger partial charge in [0, 0.05) is 44.3 Å². The maximum atomic E-state index is 12.7. The molecule has 0 aliphatic carbocycles. The second-order valence-electron chi connectivity index (χ2n) is 6.95. The molecule has 29 heavy (non-hydrogen) atoms. The van der Waals surface area contributed by atoms with Gasteiger partial charge in [-0.2, -0.15) is 0 Å². The summed E-state index contributed by atoms with van der Waals surface area (Å²) in [6.45, 7) is 4.24. The first kappa shape index (κ1) is 19.8. The van der Waals surface area contributed by atoms with Crippen LogP contribution in [0, 0.1) is 0 Å². The van der Waals surface area contributed by atoms with E-state index in [0.717, 1.165) is 43.5 Å². The zero-order valence-electron chi connectivity index (χ0n) is 15.9. The highest BCUT2D eigenvalue weighted by Crippen LogP contribution is 2.21. The summed E-state index contributed by atoms with van der Waals surface area (Å²) in [5.74, 6) is 0.807. The fraction of sp³-hybridized carbons (Fsp3) is 0.286. The van der Waals surface area contributed by atoms with Crippen molar-refractivity contribution in [2.45, 2.75) is 13.0 Å². The maximum Gasteiger partial charge on any atom is 0.228 e. The molecule has 0 spiro atoms. The molecule has 3 heterocycles. The lowest BCUT2D eigenvalue weighted by atomic mass is 10.2. The van der Waals surface area contributed by atoms with Gasteiger partial charge in [0.25, 0.3) is 0 Å². The Labute approximate surface area is 179 Å². The second-order valence-corrected chi connectivity index (χ2v) is 8.24. The van der Waals surface area contributed by atoms with E-state index in [4.69, 9.17) is 11.6 Å². The van der Waals surface area contributed by atoms with Crippen molar-refractivity contribution in [2.75, 3.05) is 31.5 Å². The molecule has 0 unspecified atom stereocenters. The van der Waals surface area contributed by atoms with Crippen LogP contribution in [-0.4, -0.2) is 51.9 Å². The molecule has 4 rings (SSSR count). The van der Waals surface area contributed by atoms with Crippen LogP contribution in [0.2, 0.25) is 5.02 Å². The van der Waals surface area contributed by atoms with E-state index < -0.39 is 0 Å². The molecule has 0 atom stereocenters. The number of thiazole rings is 1. The Hall–Kier alpha value is -2.48. The Morgan fingerprint density at radius 2 is 1.90 bits per heavy atom. The zero-order valence-corrected chi connectivity index (χ0v) is 17.5. The molecule has 1 aliphatic heterocycles. The molecule has 1 amide bonds. The molecule has 0 saturated carbocycles. The highest BCUT2D eigenvalue weighted by atomic mass is 35.5. The predicted molar refractivity (Wildman–Crippen MR) is 117 cm³/mol. The van der Waals surface area contributed by atoms with Crippen LogP contribution in [0.1, 0.15) is 11.3 Å². The van der Waals surface area contributed by atoms with Gasteiger partial charge >= 0.3 is 0 Å². The van der Waals surface area contributed by atoms with Gasteiger partial charge < -0.3 is 10.2 Å². The third kappa shape index (κ3) is 5.53. The van der Waals surface area contributed by atoms with E-state index in [1.54, 1.807) is 18.3 Å². The van der Waals surface area contributed by atoms with E-state index >= 15 is 0 Å². The standard InChI is InChI=1S/C21H22ClN5OS/c22-17-6-7-19(23-13-17)25-21-24-18(15-29-21)12-20(28)27-10-8-26(9-11-27)14-16-4-2-1-3-5-16/h1-7,13,15H,8-12,14H2,(H,23,24,25). The Balaban J connectivity index is 1.26. The number of hydrogen-bond acceptors (Lipinski definition) is 6. The number of benzene rings is 1. The van der Waals surface area contributed by atoms with E-state index in [1.165, 1.54) is 16.9 Å². The maximum absolute atomic E-state index is 12.7. The summed E-state index contributed by atoms with van der Waals surface area (Å²) < 4.78 is 0. The van der Waals surface area contributed by atoms with E-state index in [0.29, 0.717) is 17.3 Å². The van der Waals surface area contributed by atoms with Crippen molar-refractivity contribution in [3.8, 4) is 0 Å². The van der Waals surface area contributed by atoms with Crippen molar-refractivity contribution < 1.29 is 4.79 Å². The van der Waals surface area contributed by atoms with E-state index in [9.17, 15) is 4.79 Å². The first-order chi connectivity index (χ1) is 14.2. The molecule has 150 valence electrons. The average molecular weight is 428 g/mol. The van der Waals surface area contributed by atoms with Crippen LogP contribution in [0.3, 0.4) is 0 Å². The number of nitrogens with zero attached hydrogens (tertiary/aromatic N) is 4. The third-order valence-electron chi connectivity index (χ3n) is 4.82. The van der Waals surface area contributed by atoms with Crippen molar-refractivity contribution >= 4 is 39.8 Å². The Morgan fingerprint density at radius 1 is 1.10 bits per heavy atom. The molecule has 1 saturated heterocycles. The summed E-state index contributed by atoms with van der Waals surface area (Å²) in [7, 11) is 0. The van der Waals surface area contributed by atoms with Gasteiger partial charge in [-0.05, 0) is 17.7 Å². The first-order valence-electron chi connectivity index (χ1n) is 9.53. The SMILES string of the molecule is O=C(Cc1csc(Nc2ccc(Cl)cn2)n1)N1CCN(Cc2ccccc2)CC1. The number of halogens is 1.